The lowest BCUT2D eigenvalue weighted by atomic mass is 10.4. The third kappa shape index (κ3) is 2.49. The van der Waals surface area contributed by atoms with Crippen LogP contribution in [0.15, 0.2) is 0 Å². The zero-order valence-electron chi connectivity index (χ0n) is 4.99. The predicted octanol–water partition coefficient (Wildman–Crippen LogP) is 0.958. The Bertz CT molecular complexity index is 87.0. The first-order chi connectivity index (χ1) is 4.21. The molecule has 0 aromatic rings. The summed E-state index contributed by atoms with van der Waals surface area (Å²) in [5, 5.41) is 2.67. The number of rotatable bonds is 0. The van der Waals surface area contributed by atoms with Crippen molar-refractivity contribution >= 4 is 11.8 Å². The van der Waals surface area contributed by atoms with Gasteiger partial charge in [0.25, 0.3) is 5.92 Å². The van der Waals surface area contributed by atoms with E-state index in [9.17, 15) is 8.78 Å². The summed E-state index contributed by atoms with van der Waals surface area (Å²) in [4.78, 5) is 0. The van der Waals surface area contributed by atoms with E-state index in [-0.39, 0.29) is 12.3 Å². The first kappa shape index (κ1) is 7.28. The Morgan fingerprint density at radius 3 is 3.00 bits per heavy atom. The van der Waals surface area contributed by atoms with E-state index in [1.165, 1.54) is 11.8 Å². The summed E-state index contributed by atoms with van der Waals surface area (Å²) in [6.07, 6.45) is 0. The SMILES string of the molecule is FC1(F)CNCCSC1. The van der Waals surface area contributed by atoms with Crippen LogP contribution in [0, 0.1) is 0 Å². The van der Waals surface area contributed by atoms with Crippen LogP contribution < -0.4 is 5.32 Å². The van der Waals surface area contributed by atoms with Gasteiger partial charge < -0.3 is 5.32 Å². The van der Waals surface area contributed by atoms with Crippen LogP contribution >= 0.6 is 11.8 Å². The fourth-order valence-electron chi connectivity index (χ4n) is 0.688. The third-order valence-electron chi connectivity index (χ3n) is 1.12. The Labute approximate surface area is 57.2 Å². The summed E-state index contributed by atoms with van der Waals surface area (Å²) in [5.74, 6) is -1.71. The van der Waals surface area contributed by atoms with Crippen LogP contribution in [0.3, 0.4) is 0 Å². The van der Waals surface area contributed by atoms with Gasteiger partial charge in [0.05, 0.1) is 12.3 Å². The second kappa shape index (κ2) is 2.84. The molecule has 9 heavy (non-hydrogen) atoms. The fraction of sp³-hybridized carbons (Fsp3) is 1.00. The van der Waals surface area contributed by atoms with E-state index in [2.05, 4.69) is 5.32 Å². The number of nitrogens with one attached hydrogen (secondary N) is 1. The van der Waals surface area contributed by atoms with E-state index < -0.39 is 5.92 Å². The summed E-state index contributed by atoms with van der Waals surface area (Å²) < 4.78 is 24.8. The maximum atomic E-state index is 12.4. The Morgan fingerprint density at radius 2 is 2.22 bits per heavy atom. The van der Waals surface area contributed by atoms with Crippen molar-refractivity contribution in [1.29, 1.82) is 0 Å². The molecule has 0 saturated carbocycles. The molecule has 0 amide bonds. The first-order valence-electron chi connectivity index (χ1n) is 2.87. The lowest BCUT2D eigenvalue weighted by Crippen LogP contribution is -2.32. The molecular formula is C5H9F2NS. The van der Waals surface area contributed by atoms with Crippen LogP contribution in [0.25, 0.3) is 0 Å². The summed E-state index contributed by atoms with van der Waals surface area (Å²) in [5.41, 5.74) is 0. The molecule has 0 unspecified atom stereocenters. The fourth-order valence-corrected chi connectivity index (χ4v) is 1.52. The molecule has 1 saturated heterocycles. The van der Waals surface area contributed by atoms with Gasteiger partial charge in [0.1, 0.15) is 0 Å². The Morgan fingerprint density at radius 1 is 1.44 bits per heavy atom. The molecule has 1 fully saturated rings. The predicted molar refractivity (Wildman–Crippen MR) is 35.1 cm³/mol. The monoisotopic (exact) mass is 153 g/mol. The second-order valence-electron chi connectivity index (χ2n) is 2.09. The summed E-state index contributed by atoms with van der Waals surface area (Å²) >= 11 is 1.31. The van der Waals surface area contributed by atoms with Crippen molar-refractivity contribution in [2.24, 2.45) is 0 Å². The average molecular weight is 153 g/mol. The highest BCUT2D eigenvalue weighted by Crippen LogP contribution is 2.20. The number of hydrogen-bond donors (Lipinski definition) is 1. The van der Waals surface area contributed by atoms with Crippen LogP contribution in [0.2, 0.25) is 0 Å². The first-order valence-corrected chi connectivity index (χ1v) is 4.02. The van der Waals surface area contributed by atoms with E-state index in [1.807, 2.05) is 0 Å². The average Bonchev–Trinajstić information content (AvgIpc) is 1.92. The van der Waals surface area contributed by atoms with Crippen LogP contribution in [0.1, 0.15) is 0 Å². The lowest BCUT2D eigenvalue weighted by Gasteiger charge is -2.10. The summed E-state index contributed by atoms with van der Waals surface area (Å²) in [6.45, 7) is 0.556. The molecule has 4 heteroatoms. The Kier molecular flexibility index (Phi) is 2.29. The number of alkyl halides is 2. The standard InChI is InChI=1S/C5H9F2NS/c6-5(7)3-8-1-2-9-4-5/h8H,1-4H2. The number of halogens is 2. The normalized spacial score (nSPS) is 27.3. The van der Waals surface area contributed by atoms with Gasteiger partial charge in [-0.05, 0) is 0 Å². The Hall–Kier alpha value is 0.170. The molecule has 0 aliphatic carbocycles. The number of thioether (sulfide) groups is 1. The van der Waals surface area contributed by atoms with Crippen LogP contribution in [0.4, 0.5) is 8.78 Å². The van der Waals surface area contributed by atoms with E-state index >= 15 is 0 Å². The van der Waals surface area contributed by atoms with Gasteiger partial charge in [-0.15, -0.1) is 0 Å². The van der Waals surface area contributed by atoms with Gasteiger partial charge in [-0.1, -0.05) is 0 Å². The molecule has 0 aromatic heterocycles. The third-order valence-corrected chi connectivity index (χ3v) is 2.24. The van der Waals surface area contributed by atoms with E-state index in [0.717, 1.165) is 5.75 Å². The van der Waals surface area contributed by atoms with E-state index in [0.29, 0.717) is 6.54 Å². The van der Waals surface area contributed by atoms with Crippen LogP contribution in [-0.2, 0) is 0 Å². The van der Waals surface area contributed by atoms with Crippen molar-refractivity contribution < 1.29 is 8.78 Å². The van der Waals surface area contributed by atoms with E-state index in [4.69, 9.17) is 0 Å². The molecule has 1 heterocycles. The highest BCUT2D eigenvalue weighted by molar-refractivity contribution is 7.99. The smallest absolute Gasteiger partial charge is 0.269 e. The highest BCUT2D eigenvalue weighted by atomic mass is 32.2. The zero-order chi connectivity index (χ0) is 6.74. The van der Waals surface area contributed by atoms with Crippen molar-refractivity contribution in [1.82, 2.24) is 5.32 Å². The Balaban J connectivity index is 2.36. The minimum atomic E-state index is -2.48. The molecule has 1 rings (SSSR count). The molecule has 1 aliphatic heterocycles. The number of hydrogen-bond acceptors (Lipinski definition) is 2. The van der Waals surface area contributed by atoms with Gasteiger partial charge in [0, 0.05) is 12.3 Å². The van der Waals surface area contributed by atoms with Crippen molar-refractivity contribution in [3.8, 4) is 0 Å². The highest BCUT2D eigenvalue weighted by Gasteiger charge is 2.29. The molecule has 0 spiro atoms. The van der Waals surface area contributed by atoms with Crippen molar-refractivity contribution in [2.45, 2.75) is 5.92 Å². The van der Waals surface area contributed by atoms with E-state index in [1.54, 1.807) is 0 Å². The van der Waals surface area contributed by atoms with Gasteiger partial charge in [0.2, 0.25) is 0 Å². The quantitative estimate of drug-likeness (QED) is 0.556. The van der Waals surface area contributed by atoms with Gasteiger partial charge in [-0.2, -0.15) is 11.8 Å². The molecule has 0 bridgehead atoms. The van der Waals surface area contributed by atoms with Crippen molar-refractivity contribution in [2.75, 3.05) is 24.6 Å². The van der Waals surface area contributed by atoms with Gasteiger partial charge in [0.15, 0.2) is 0 Å². The zero-order valence-corrected chi connectivity index (χ0v) is 5.81. The molecule has 0 aromatic carbocycles. The van der Waals surface area contributed by atoms with Crippen molar-refractivity contribution in [3.05, 3.63) is 0 Å². The molecule has 1 nitrogen and oxygen atoms in total. The van der Waals surface area contributed by atoms with Crippen LogP contribution in [0.5, 0.6) is 0 Å². The maximum absolute atomic E-state index is 12.4. The minimum Gasteiger partial charge on any atom is -0.310 e. The van der Waals surface area contributed by atoms with Gasteiger partial charge in [-0.3, -0.25) is 0 Å². The molecule has 0 radical (unpaired) electrons. The van der Waals surface area contributed by atoms with Gasteiger partial charge in [-0.25, -0.2) is 8.78 Å². The van der Waals surface area contributed by atoms with Crippen molar-refractivity contribution in [3.63, 3.8) is 0 Å². The van der Waals surface area contributed by atoms with Gasteiger partial charge >= 0.3 is 0 Å². The lowest BCUT2D eigenvalue weighted by molar-refractivity contribution is 0.0302. The second-order valence-corrected chi connectivity index (χ2v) is 3.19. The molecule has 1 N–H and O–H groups in total. The summed E-state index contributed by atoms with van der Waals surface area (Å²) in [7, 11) is 0. The maximum Gasteiger partial charge on any atom is 0.269 e. The van der Waals surface area contributed by atoms with Crippen LogP contribution in [-0.4, -0.2) is 30.5 Å². The molecule has 54 valence electrons. The topological polar surface area (TPSA) is 12.0 Å². The molecule has 1 aliphatic rings. The molecule has 0 atom stereocenters. The summed E-state index contributed by atoms with van der Waals surface area (Å²) in [6, 6.07) is 0. The largest absolute Gasteiger partial charge is 0.310 e. The minimum absolute atomic E-state index is 0.0278. The molecular weight excluding hydrogens is 144 g/mol.